The Bertz CT molecular complexity index is 1080. The molecule has 0 saturated heterocycles. The maximum atomic E-state index is 9.68. The number of nitrogens with zero attached hydrogens (tertiary/aromatic N) is 2. The third-order valence-corrected chi connectivity index (χ3v) is 4.77. The molecule has 0 amide bonds. The number of nitriles is 1. The molecule has 28 heavy (non-hydrogen) atoms. The van der Waals surface area contributed by atoms with E-state index in [2.05, 4.69) is 27.0 Å². The van der Waals surface area contributed by atoms with Crippen LogP contribution in [0.1, 0.15) is 5.56 Å². The summed E-state index contributed by atoms with van der Waals surface area (Å²) in [5, 5.41) is 9.68. The molecule has 0 atom stereocenters. The van der Waals surface area contributed by atoms with E-state index in [1.54, 1.807) is 19.2 Å². The van der Waals surface area contributed by atoms with Crippen molar-refractivity contribution in [3.63, 3.8) is 0 Å². The first kappa shape index (κ1) is 19.5. The average Bonchev–Trinajstić information content (AvgIpc) is 2.71. The Morgan fingerprint density at radius 3 is 2.32 bits per heavy atom. The normalized spacial score (nSPS) is 10.2. The minimum atomic E-state index is 0.145. The summed E-state index contributed by atoms with van der Waals surface area (Å²) in [5.74, 6) is 1.55. The summed E-state index contributed by atoms with van der Waals surface area (Å²) in [4.78, 5) is 4.41. The van der Waals surface area contributed by atoms with Crippen molar-refractivity contribution in [3.05, 3.63) is 52.5 Å². The molecule has 142 valence electrons. The molecule has 1 heterocycles. The second-order valence-electron chi connectivity index (χ2n) is 5.82. The summed E-state index contributed by atoms with van der Waals surface area (Å²) < 4.78 is 17.3. The highest BCUT2D eigenvalue weighted by atomic mass is 79.9. The molecule has 0 spiro atoms. The van der Waals surface area contributed by atoms with Crippen molar-refractivity contribution in [1.82, 2.24) is 4.98 Å². The molecule has 3 rings (SSSR count). The van der Waals surface area contributed by atoms with Crippen molar-refractivity contribution in [3.8, 4) is 45.7 Å². The highest BCUT2D eigenvalue weighted by molar-refractivity contribution is 9.10. The molecule has 0 saturated carbocycles. The summed E-state index contributed by atoms with van der Waals surface area (Å²) in [6.07, 6.45) is 0. The number of rotatable bonds is 5. The molecular formula is C21H18BrN3O3. The fraction of sp³-hybridized carbons (Fsp3) is 0.143. The van der Waals surface area contributed by atoms with Crippen molar-refractivity contribution in [2.45, 2.75) is 0 Å². The predicted octanol–water partition coefficient (Wildman–Crippen LogP) is 4.66. The number of nitrogen functional groups attached to an aromatic ring is 1. The first-order valence-electron chi connectivity index (χ1n) is 8.29. The molecule has 2 N–H and O–H groups in total. The monoisotopic (exact) mass is 439 g/mol. The SMILES string of the molecule is COc1ccc(-c2cc(-c3cccc(Br)c3)nc(N)c2C#N)c(OC)c1OC. The number of anilines is 1. The van der Waals surface area contributed by atoms with Crippen LogP contribution in [0.3, 0.4) is 0 Å². The molecule has 0 aliphatic heterocycles. The summed E-state index contributed by atoms with van der Waals surface area (Å²) >= 11 is 3.47. The topological polar surface area (TPSA) is 90.4 Å². The van der Waals surface area contributed by atoms with E-state index in [0.29, 0.717) is 34.1 Å². The van der Waals surface area contributed by atoms with Crippen LogP contribution in [-0.2, 0) is 0 Å². The molecule has 0 bridgehead atoms. The minimum Gasteiger partial charge on any atom is -0.493 e. The molecule has 0 fully saturated rings. The van der Waals surface area contributed by atoms with E-state index in [0.717, 1.165) is 10.0 Å². The second kappa shape index (κ2) is 8.19. The molecule has 6 nitrogen and oxygen atoms in total. The smallest absolute Gasteiger partial charge is 0.203 e. The third kappa shape index (κ3) is 3.47. The van der Waals surface area contributed by atoms with Gasteiger partial charge in [0.25, 0.3) is 0 Å². The Morgan fingerprint density at radius 2 is 1.71 bits per heavy atom. The number of pyridine rings is 1. The second-order valence-corrected chi connectivity index (χ2v) is 6.74. The molecule has 0 aliphatic carbocycles. The van der Waals surface area contributed by atoms with Gasteiger partial charge in [0, 0.05) is 21.2 Å². The molecule has 7 heteroatoms. The first-order valence-corrected chi connectivity index (χ1v) is 9.09. The van der Waals surface area contributed by atoms with Crippen LogP contribution < -0.4 is 19.9 Å². The van der Waals surface area contributed by atoms with E-state index in [9.17, 15) is 5.26 Å². The number of halogens is 1. The Hall–Kier alpha value is -3.24. The van der Waals surface area contributed by atoms with Crippen LogP contribution in [0.4, 0.5) is 5.82 Å². The van der Waals surface area contributed by atoms with Gasteiger partial charge in [0.15, 0.2) is 11.5 Å². The number of aromatic nitrogens is 1. The van der Waals surface area contributed by atoms with Gasteiger partial charge >= 0.3 is 0 Å². The first-order chi connectivity index (χ1) is 13.5. The lowest BCUT2D eigenvalue weighted by atomic mass is 9.97. The summed E-state index contributed by atoms with van der Waals surface area (Å²) in [6.45, 7) is 0. The Balaban J connectivity index is 2.31. The molecular weight excluding hydrogens is 422 g/mol. The zero-order chi connectivity index (χ0) is 20.3. The van der Waals surface area contributed by atoms with Crippen LogP contribution in [-0.4, -0.2) is 26.3 Å². The van der Waals surface area contributed by atoms with Crippen molar-refractivity contribution < 1.29 is 14.2 Å². The fourth-order valence-corrected chi connectivity index (χ4v) is 3.40. The van der Waals surface area contributed by atoms with Crippen LogP contribution in [0, 0.1) is 11.3 Å². The summed E-state index contributed by atoms with van der Waals surface area (Å²) in [6, 6.07) is 15.2. The lowest BCUT2D eigenvalue weighted by Crippen LogP contribution is -2.02. The van der Waals surface area contributed by atoms with E-state index >= 15 is 0 Å². The van der Waals surface area contributed by atoms with Gasteiger partial charge in [-0.1, -0.05) is 28.1 Å². The fourth-order valence-electron chi connectivity index (χ4n) is 3.00. The number of methoxy groups -OCH3 is 3. The molecule has 3 aromatic rings. The standard InChI is InChI=1S/C21H18BrN3O3/c1-26-18-8-7-14(19(27-2)20(18)28-3)15-10-17(25-21(24)16(15)11-23)12-5-4-6-13(22)9-12/h4-10H,1-3H3,(H2,24,25). The van der Waals surface area contributed by atoms with Crippen molar-refractivity contribution in [2.75, 3.05) is 27.1 Å². The summed E-state index contributed by atoms with van der Waals surface area (Å²) in [5.41, 5.74) is 9.15. The number of hydrogen-bond donors (Lipinski definition) is 1. The lowest BCUT2D eigenvalue weighted by Gasteiger charge is -2.17. The number of hydrogen-bond acceptors (Lipinski definition) is 6. The van der Waals surface area contributed by atoms with Gasteiger partial charge in [0.1, 0.15) is 17.5 Å². The van der Waals surface area contributed by atoms with Gasteiger partial charge in [-0.05, 0) is 30.3 Å². The predicted molar refractivity (Wildman–Crippen MR) is 112 cm³/mol. The third-order valence-electron chi connectivity index (χ3n) is 4.27. The van der Waals surface area contributed by atoms with Gasteiger partial charge < -0.3 is 19.9 Å². The van der Waals surface area contributed by atoms with Crippen molar-refractivity contribution in [2.24, 2.45) is 0 Å². The van der Waals surface area contributed by atoms with Gasteiger partial charge in [0.2, 0.25) is 5.75 Å². The van der Waals surface area contributed by atoms with E-state index in [-0.39, 0.29) is 11.4 Å². The highest BCUT2D eigenvalue weighted by Gasteiger charge is 2.21. The molecule has 0 unspecified atom stereocenters. The Morgan fingerprint density at radius 1 is 0.964 bits per heavy atom. The van der Waals surface area contributed by atoms with Crippen molar-refractivity contribution >= 4 is 21.7 Å². The molecule has 2 aromatic carbocycles. The zero-order valence-corrected chi connectivity index (χ0v) is 17.2. The number of nitrogens with two attached hydrogens (primary N) is 1. The molecule has 0 radical (unpaired) electrons. The minimum absolute atomic E-state index is 0.145. The maximum absolute atomic E-state index is 9.68. The van der Waals surface area contributed by atoms with Crippen LogP contribution in [0.15, 0.2) is 46.9 Å². The van der Waals surface area contributed by atoms with E-state index in [4.69, 9.17) is 19.9 Å². The number of benzene rings is 2. The Labute approximate surface area is 171 Å². The van der Waals surface area contributed by atoms with Crippen LogP contribution in [0.2, 0.25) is 0 Å². The van der Waals surface area contributed by atoms with Gasteiger partial charge in [-0.15, -0.1) is 0 Å². The molecule has 1 aromatic heterocycles. The van der Waals surface area contributed by atoms with Gasteiger partial charge in [0.05, 0.1) is 27.0 Å². The lowest BCUT2D eigenvalue weighted by molar-refractivity contribution is 0.325. The molecule has 0 aliphatic rings. The van der Waals surface area contributed by atoms with Crippen LogP contribution in [0.5, 0.6) is 17.2 Å². The van der Waals surface area contributed by atoms with Gasteiger partial charge in [-0.2, -0.15) is 5.26 Å². The van der Waals surface area contributed by atoms with Crippen molar-refractivity contribution in [1.29, 1.82) is 5.26 Å². The van der Waals surface area contributed by atoms with Gasteiger partial charge in [-0.3, -0.25) is 0 Å². The average molecular weight is 440 g/mol. The Kier molecular flexibility index (Phi) is 5.71. The zero-order valence-electron chi connectivity index (χ0n) is 15.6. The number of ether oxygens (including phenoxy) is 3. The quantitative estimate of drug-likeness (QED) is 0.621. The van der Waals surface area contributed by atoms with Crippen LogP contribution in [0.25, 0.3) is 22.4 Å². The van der Waals surface area contributed by atoms with Crippen LogP contribution >= 0.6 is 15.9 Å². The van der Waals surface area contributed by atoms with E-state index in [1.807, 2.05) is 30.3 Å². The van der Waals surface area contributed by atoms with Gasteiger partial charge in [-0.25, -0.2) is 4.98 Å². The summed E-state index contributed by atoms with van der Waals surface area (Å²) in [7, 11) is 4.61. The van der Waals surface area contributed by atoms with E-state index < -0.39 is 0 Å². The van der Waals surface area contributed by atoms with E-state index in [1.165, 1.54) is 14.2 Å². The highest BCUT2D eigenvalue weighted by Crippen LogP contribution is 2.46. The largest absolute Gasteiger partial charge is 0.493 e. The maximum Gasteiger partial charge on any atom is 0.203 e.